The van der Waals surface area contributed by atoms with Gasteiger partial charge in [-0.2, -0.15) is 0 Å². The highest BCUT2D eigenvalue weighted by atomic mass is 35.5. The third-order valence-electron chi connectivity index (χ3n) is 8.87. The van der Waals surface area contributed by atoms with Crippen molar-refractivity contribution < 1.29 is 14.5 Å². The summed E-state index contributed by atoms with van der Waals surface area (Å²) >= 11 is 6.28. The van der Waals surface area contributed by atoms with Crippen LogP contribution >= 0.6 is 11.6 Å². The number of nitrogens with one attached hydrogen (secondary N) is 1. The van der Waals surface area contributed by atoms with E-state index in [9.17, 15) is 19.7 Å². The number of carbonyl (C=O) groups excluding carboxylic acids is 2. The molecule has 2 heterocycles. The molecule has 0 saturated carbocycles. The Balaban J connectivity index is 1.35. The van der Waals surface area contributed by atoms with Gasteiger partial charge in [-0.15, -0.1) is 0 Å². The zero-order valence-electron chi connectivity index (χ0n) is 25.2. The quantitative estimate of drug-likeness (QED) is 0.258. The molecular formula is C34H36ClN5O4. The molecule has 3 aromatic carbocycles. The van der Waals surface area contributed by atoms with Gasteiger partial charge in [-0.3, -0.25) is 19.7 Å². The summed E-state index contributed by atoms with van der Waals surface area (Å²) in [4.78, 5) is 45.1. The van der Waals surface area contributed by atoms with Crippen LogP contribution < -0.4 is 15.1 Å². The zero-order chi connectivity index (χ0) is 31.2. The number of nitro groups is 1. The van der Waals surface area contributed by atoms with E-state index in [2.05, 4.69) is 31.0 Å². The van der Waals surface area contributed by atoms with Gasteiger partial charge < -0.3 is 20.0 Å². The van der Waals surface area contributed by atoms with Crippen molar-refractivity contribution in [3.8, 4) is 0 Å². The highest BCUT2D eigenvalue weighted by molar-refractivity contribution is 6.30. The average molecular weight is 614 g/mol. The van der Waals surface area contributed by atoms with Gasteiger partial charge in [0.2, 0.25) is 5.91 Å². The molecular weight excluding hydrogens is 578 g/mol. The summed E-state index contributed by atoms with van der Waals surface area (Å²) in [6, 6.07) is 19.4. The first-order valence-corrected chi connectivity index (χ1v) is 15.3. The Hall–Kier alpha value is -4.37. The fraction of sp³-hybridized carbons (Fsp3) is 0.353. The summed E-state index contributed by atoms with van der Waals surface area (Å²) in [7, 11) is 0. The predicted octanol–water partition coefficient (Wildman–Crippen LogP) is 6.52. The largest absolute Gasteiger partial charge is 0.368 e. The molecule has 1 N–H and O–H groups in total. The number of allylic oxidation sites excluding steroid dienone is 1. The SMILES string of the molecule is Cc1ccc(Cl)cc1N1CCN(C(=O)CN2c3ccccc3NC3=C(C(=O)CC(C)(C)C3)C2c2ccc([N+](=O)[O-])cc2)CC1. The van der Waals surface area contributed by atoms with Gasteiger partial charge in [0.05, 0.1) is 28.9 Å². The number of rotatable bonds is 5. The minimum absolute atomic E-state index is 0.0165. The van der Waals surface area contributed by atoms with Crippen LogP contribution in [0.4, 0.5) is 22.7 Å². The summed E-state index contributed by atoms with van der Waals surface area (Å²) in [6.07, 6.45) is 1.04. The van der Waals surface area contributed by atoms with Crippen LogP contribution in [0, 0.1) is 22.5 Å². The molecule has 10 heteroatoms. The number of aryl methyl sites for hydroxylation is 1. The van der Waals surface area contributed by atoms with Gasteiger partial charge in [0.1, 0.15) is 0 Å². The molecule has 0 spiro atoms. The molecule has 3 aliphatic rings. The van der Waals surface area contributed by atoms with E-state index in [1.54, 1.807) is 12.1 Å². The van der Waals surface area contributed by atoms with E-state index in [-0.39, 0.29) is 29.3 Å². The summed E-state index contributed by atoms with van der Waals surface area (Å²) in [6.45, 7) is 8.75. The number of halogens is 1. The van der Waals surface area contributed by atoms with Crippen molar-refractivity contribution >= 4 is 46.0 Å². The van der Waals surface area contributed by atoms with Crippen LogP contribution in [0.2, 0.25) is 5.02 Å². The summed E-state index contributed by atoms with van der Waals surface area (Å²) in [5.74, 6) is -0.0234. The number of anilines is 3. The van der Waals surface area contributed by atoms with Crippen LogP contribution in [0.15, 0.2) is 78.0 Å². The topological polar surface area (TPSA) is 99.0 Å². The van der Waals surface area contributed by atoms with Gasteiger partial charge in [-0.25, -0.2) is 0 Å². The highest BCUT2D eigenvalue weighted by Gasteiger charge is 2.42. The number of Topliss-reactive ketones (excluding diaryl/α,β-unsaturated/α-hetero) is 1. The molecule has 0 bridgehead atoms. The summed E-state index contributed by atoms with van der Waals surface area (Å²) in [5, 5.41) is 15.7. The van der Waals surface area contributed by atoms with E-state index in [0.717, 1.165) is 33.9 Å². The molecule has 0 aromatic heterocycles. The Labute approximate surface area is 262 Å². The van der Waals surface area contributed by atoms with Crippen LogP contribution in [0.1, 0.15) is 43.9 Å². The van der Waals surface area contributed by atoms with Crippen LogP contribution in [-0.4, -0.2) is 54.2 Å². The maximum absolute atomic E-state index is 14.1. The van der Waals surface area contributed by atoms with Crippen molar-refractivity contribution in [1.29, 1.82) is 0 Å². The molecule has 9 nitrogen and oxygen atoms in total. The van der Waals surface area contributed by atoms with E-state index < -0.39 is 11.0 Å². The number of hydrogen-bond donors (Lipinski definition) is 1. The van der Waals surface area contributed by atoms with E-state index in [1.807, 2.05) is 52.3 Å². The normalized spacial score (nSPS) is 19.6. The monoisotopic (exact) mass is 613 g/mol. The number of nitrogens with zero attached hydrogens (tertiary/aromatic N) is 4. The van der Waals surface area contributed by atoms with E-state index in [4.69, 9.17) is 11.6 Å². The number of nitro benzene ring substituents is 1. The van der Waals surface area contributed by atoms with Crippen molar-refractivity contribution in [3.63, 3.8) is 0 Å². The number of para-hydroxylation sites is 2. The summed E-state index contributed by atoms with van der Waals surface area (Å²) < 4.78 is 0. The van der Waals surface area contributed by atoms with Crippen molar-refractivity contribution in [3.05, 3.63) is 104 Å². The molecule has 1 aliphatic carbocycles. The molecule has 1 atom stereocenters. The van der Waals surface area contributed by atoms with Gasteiger partial charge in [0.25, 0.3) is 5.69 Å². The lowest BCUT2D eigenvalue weighted by Gasteiger charge is -2.40. The Morgan fingerprint density at radius 3 is 2.41 bits per heavy atom. The Morgan fingerprint density at radius 1 is 1.00 bits per heavy atom. The van der Waals surface area contributed by atoms with Crippen LogP contribution in [0.3, 0.4) is 0 Å². The number of non-ortho nitro benzene ring substituents is 1. The molecule has 2 aliphatic heterocycles. The predicted molar refractivity (Wildman–Crippen MR) is 173 cm³/mol. The molecule has 3 aromatic rings. The van der Waals surface area contributed by atoms with Crippen LogP contribution in [-0.2, 0) is 9.59 Å². The second-order valence-electron chi connectivity index (χ2n) is 12.7. The first-order valence-electron chi connectivity index (χ1n) is 14.9. The number of benzene rings is 3. The lowest BCUT2D eigenvalue weighted by Crippen LogP contribution is -2.52. The standard InChI is InChI=1S/C34H36ClN5O4/c1-22-8-11-24(35)18-29(22)37-14-16-38(17-15-37)31(42)21-39-28-7-5-4-6-26(28)36-27-19-34(2,3)20-30(41)32(27)33(39)23-9-12-25(13-10-23)40(43)44/h4-13,18,33,36H,14-17,19-21H2,1-3H3. The second-order valence-corrected chi connectivity index (χ2v) is 13.1. The highest BCUT2D eigenvalue weighted by Crippen LogP contribution is 2.48. The molecule has 0 radical (unpaired) electrons. The van der Waals surface area contributed by atoms with Gasteiger partial charge in [-0.1, -0.05) is 43.6 Å². The summed E-state index contributed by atoms with van der Waals surface area (Å²) in [5.41, 5.74) is 5.76. The lowest BCUT2D eigenvalue weighted by molar-refractivity contribution is -0.384. The minimum Gasteiger partial charge on any atom is -0.368 e. The number of fused-ring (bicyclic) bond motifs is 1. The third-order valence-corrected chi connectivity index (χ3v) is 9.11. The van der Waals surface area contributed by atoms with Crippen molar-refractivity contribution in [2.75, 3.05) is 47.8 Å². The molecule has 1 saturated heterocycles. The number of hydrogen-bond acceptors (Lipinski definition) is 7. The third kappa shape index (κ3) is 5.76. The number of piperazine rings is 1. The van der Waals surface area contributed by atoms with Crippen molar-refractivity contribution in [1.82, 2.24) is 4.90 Å². The van der Waals surface area contributed by atoms with Crippen LogP contribution in [0.25, 0.3) is 0 Å². The second kappa shape index (κ2) is 11.6. The van der Waals surface area contributed by atoms with Gasteiger partial charge in [0.15, 0.2) is 5.78 Å². The Bertz CT molecular complexity index is 1660. The van der Waals surface area contributed by atoms with Gasteiger partial charge >= 0.3 is 0 Å². The van der Waals surface area contributed by atoms with E-state index in [1.165, 1.54) is 12.1 Å². The lowest BCUT2D eigenvalue weighted by atomic mass is 9.73. The minimum atomic E-state index is -0.593. The number of carbonyl (C=O) groups is 2. The maximum Gasteiger partial charge on any atom is 0.269 e. The van der Waals surface area contributed by atoms with Gasteiger partial charge in [-0.05, 0) is 66.3 Å². The molecule has 228 valence electrons. The zero-order valence-corrected chi connectivity index (χ0v) is 25.9. The smallest absolute Gasteiger partial charge is 0.269 e. The van der Waals surface area contributed by atoms with Crippen LogP contribution in [0.5, 0.6) is 0 Å². The first kappa shape index (κ1) is 29.7. The average Bonchev–Trinajstić information content (AvgIpc) is 3.12. The number of ketones is 1. The Morgan fingerprint density at radius 2 is 1.70 bits per heavy atom. The van der Waals surface area contributed by atoms with E-state index in [0.29, 0.717) is 49.6 Å². The maximum atomic E-state index is 14.1. The first-order chi connectivity index (χ1) is 21.0. The fourth-order valence-electron chi connectivity index (χ4n) is 6.72. The molecule has 1 amide bonds. The van der Waals surface area contributed by atoms with Gasteiger partial charge in [0, 0.05) is 66.7 Å². The molecule has 44 heavy (non-hydrogen) atoms. The fourth-order valence-corrected chi connectivity index (χ4v) is 6.88. The molecule has 1 unspecified atom stereocenters. The Kier molecular flexibility index (Phi) is 7.84. The molecule has 1 fully saturated rings. The van der Waals surface area contributed by atoms with E-state index >= 15 is 0 Å². The number of amides is 1. The van der Waals surface area contributed by atoms with Crippen molar-refractivity contribution in [2.24, 2.45) is 5.41 Å². The van der Waals surface area contributed by atoms with Crippen molar-refractivity contribution in [2.45, 2.75) is 39.7 Å². The molecule has 6 rings (SSSR count).